The van der Waals surface area contributed by atoms with Gasteiger partial charge in [0.25, 0.3) is 0 Å². The van der Waals surface area contributed by atoms with Crippen LogP contribution in [-0.2, 0) is 0 Å². The van der Waals surface area contributed by atoms with Gasteiger partial charge in [0.15, 0.2) is 0 Å². The first-order valence-corrected chi connectivity index (χ1v) is 3.33. The third kappa shape index (κ3) is 1.84. The van der Waals surface area contributed by atoms with E-state index in [0.29, 0.717) is 0 Å². The molecular weight excluding hydrogens is 150 g/mol. The molecule has 1 rings (SSSR count). The molecule has 0 bridgehead atoms. The quantitative estimate of drug-likeness (QED) is 0.591. The highest BCUT2D eigenvalue weighted by Crippen LogP contribution is 2.15. The first-order chi connectivity index (χ1) is 4.30. The highest BCUT2D eigenvalue weighted by atomic mass is 32.2. The number of anilines is 1. The molecule has 1 nitrogen and oxygen atoms in total. The molecule has 3 heteroatoms. The minimum Gasteiger partial charge on any atom is -0.265 e. The normalized spacial score (nSPS) is 9.11. The van der Waals surface area contributed by atoms with Crippen LogP contribution >= 0.6 is 25.6 Å². The summed E-state index contributed by atoms with van der Waals surface area (Å²) in [5, 5.41) is 0. The number of benzene rings is 1. The van der Waals surface area contributed by atoms with Gasteiger partial charge in [-0.15, -0.1) is 0 Å². The van der Waals surface area contributed by atoms with E-state index in [2.05, 4.69) is 25.6 Å². The Labute approximate surface area is 65.8 Å². The summed E-state index contributed by atoms with van der Waals surface area (Å²) in [7, 11) is 0. The van der Waals surface area contributed by atoms with Crippen LogP contribution in [0.5, 0.6) is 0 Å². The number of hydrogen-bond acceptors (Lipinski definition) is 3. The zero-order valence-electron chi connectivity index (χ0n) is 4.73. The molecule has 0 spiro atoms. The molecule has 48 valence electrons. The minimum absolute atomic E-state index is 0.976. The molecule has 0 aliphatic heterocycles. The van der Waals surface area contributed by atoms with E-state index in [9.17, 15) is 0 Å². The van der Waals surface area contributed by atoms with Crippen LogP contribution < -0.4 is 3.71 Å². The molecule has 1 aromatic carbocycles. The van der Waals surface area contributed by atoms with Gasteiger partial charge < -0.3 is 0 Å². The van der Waals surface area contributed by atoms with Crippen molar-refractivity contribution in [2.75, 3.05) is 3.71 Å². The second-order valence-corrected chi connectivity index (χ2v) is 2.74. The van der Waals surface area contributed by atoms with E-state index in [1.165, 1.54) is 3.71 Å². The topological polar surface area (TPSA) is 3.24 Å². The molecule has 9 heavy (non-hydrogen) atoms. The SMILES string of the molecule is SN(S)c1ccccc1. The maximum absolute atomic E-state index is 3.99. The number of hydrogen-bond donors (Lipinski definition) is 2. The van der Waals surface area contributed by atoms with Gasteiger partial charge in [0.2, 0.25) is 0 Å². The lowest BCUT2D eigenvalue weighted by Crippen LogP contribution is -1.89. The average Bonchev–Trinajstić information content (AvgIpc) is 1.90. The lowest BCUT2D eigenvalue weighted by atomic mass is 10.3. The Kier molecular flexibility index (Phi) is 2.30. The van der Waals surface area contributed by atoms with Crippen molar-refractivity contribution in [2.24, 2.45) is 0 Å². The van der Waals surface area contributed by atoms with Crippen LogP contribution in [0.3, 0.4) is 0 Å². The Balaban J connectivity index is 2.85. The van der Waals surface area contributed by atoms with E-state index in [-0.39, 0.29) is 0 Å². The van der Waals surface area contributed by atoms with E-state index < -0.39 is 0 Å². The van der Waals surface area contributed by atoms with E-state index in [1.807, 2.05) is 30.3 Å². The Morgan fingerprint density at radius 3 is 1.89 bits per heavy atom. The van der Waals surface area contributed by atoms with Crippen molar-refractivity contribution in [3.8, 4) is 0 Å². The van der Waals surface area contributed by atoms with Crippen LogP contribution in [0.4, 0.5) is 5.69 Å². The summed E-state index contributed by atoms with van der Waals surface area (Å²) in [6.45, 7) is 0. The van der Waals surface area contributed by atoms with Crippen molar-refractivity contribution >= 4 is 31.3 Å². The Morgan fingerprint density at radius 1 is 1.00 bits per heavy atom. The molecule has 0 saturated heterocycles. The second kappa shape index (κ2) is 3.03. The van der Waals surface area contributed by atoms with Gasteiger partial charge in [0.1, 0.15) is 0 Å². The van der Waals surface area contributed by atoms with E-state index >= 15 is 0 Å². The lowest BCUT2D eigenvalue weighted by molar-refractivity contribution is 1.62. The molecule has 0 fully saturated rings. The molecule has 0 atom stereocenters. The van der Waals surface area contributed by atoms with E-state index in [1.54, 1.807) is 0 Å². The van der Waals surface area contributed by atoms with E-state index in [0.717, 1.165) is 5.69 Å². The highest BCUT2D eigenvalue weighted by Gasteiger charge is 1.90. The average molecular weight is 157 g/mol. The first kappa shape index (κ1) is 6.83. The number of nitrogens with zero attached hydrogens (tertiary/aromatic N) is 1. The lowest BCUT2D eigenvalue weighted by Gasteiger charge is -2.06. The minimum atomic E-state index is 0.976. The molecule has 0 aliphatic rings. The van der Waals surface area contributed by atoms with Crippen molar-refractivity contribution in [1.29, 1.82) is 0 Å². The van der Waals surface area contributed by atoms with Gasteiger partial charge >= 0.3 is 0 Å². The Bertz CT molecular complexity index is 174. The highest BCUT2D eigenvalue weighted by molar-refractivity contribution is 8.00. The van der Waals surface area contributed by atoms with Crippen LogP contribution in [0.15, 0.2) is 30.3 Å². The fourth-order valence-electron chi connectivity index (χ4n) is 0.561. The van der Waals surface area contributed by atoms with Crippen molar-refractivity contribution in [1.82, 2.24) is 0 Å². The summed E-state index contributed by atoms with van der Waals surface area (Å²) in [6.07, 6.45) is 0. The van der Waals surface area contributed by atoms with Crippen LogP contribution in [0.1, 0.15) is 0 Å². The van der Waals surface area contributed by atoms with Crippen molar-refractivity contribution in [3.05, 3.63) is 30.3 Å². The summed E-state index contributed by atoms with van der Waals surface area (Å²) in [5.41, 5.74) is 0.976. The fourth-order valence-corrected chi connectivity index (χ4v) is 0.828. The molecule has 0 heterocycles. The second-order valence-electron chi connectivity index (χ2n) is 1.62. The number of rotatable bonds is 1. The largest absolute Gasteiger partial charge is 0.265 e. The molecule has 0 saturated carbocycles. The van der Waals surface area contributed by atoms with Crippen molar-refractivity contribution in [2.45, 2.75) is 0 Å². The fraction of sp³-hybridized carbons (Fsp3) is 0. The molecule has 1 aromatic rings. The molecule has 0 unspecified atom stereocenters. The van der Waals surface area contributed by atoms with Gasteiger partial charge in [-0.1, -0.05) is 43.8 Å². The standard InChI is InChI=1S/C6H7NS2/c8-7(9)6-4-2-1-3-5-6/h1-5,8-9H. The van der Waals surface area contributed by atoms with Gasteiger partial charge in [-0.25, -0.2) is 0 Å². The Morgan fingerprint density at radius 2 is 1.56 bits per heavy atom. The molecule has 0 aliphatic carbocycles. The summed E-state index contributed by atoms with van der Waals surface area (Å²) >= 11 is 7.97. The summed E-state index contributed by atoms with van der Waals surface area (Å²) in [6, 6.07) is 9.69. The maximum atomic E-state index is 3.99. The monoisotopic (exact) mass is 157 g/mol. The van der Waals surface area contributed by atoms with Gasteiger partial charge in [-0.05, 0) is 12.1 Å². The smallest absolute Gasteiger partial charge is 0.0588 e. The van der Waals surface area contributed by atoms with Crippen molar-refractivity contribution in [3.63, 3.8) is 0 Å². The third-order valence-corrected chi connectivity index (χ3v) is 1.45. The number of thiol groups is 2. The number of para-hydroxylation sites is 1. The summed E-state index contributed by atoms with van der Waals surface area (Å²) < 4.78 is 1.47. The van der Waals surface area contributed by atoms with E-state index in [4.69, 9.17) is 0 Å². The van der Waals surface area contributed by atoms with Crippen LogP contribution in [0.2, 0.25) is 0 Å². The third-order valence-electron chi connectivity index (χ3n) is 0.987. The zero-order valence-corrected chi connectivity index (χ0v) is 6.52. The summed E-state index contributed by atoms with van der Waals surface area (Å²) in [5.74, 6) is 0. The first-order valence-electron chi connectivity index (χ1n) is 2.53. The van der Waals surface area contributed by atoms with Crippen LogP contribution in [0.25, 0.3) is 0 Å². The molecular formula is C6H7NS2. The molecule has 0 radical (unpaired) electrons. The Hall–Kier alpha value is -0.280. The van der Waals surface area contributed by atoms with Gasteiger partial charge in [0, 0.05) is 0 Å². The van der Waals surface area contributed by atoms with Gasteiger partial charge in [-0.3, -0.25) is 3.71 Å². The molecule has 0 amide bonds. The van der Waals surface area contributed by atoms with Crippen LogP contribution in [0, 0.1) is 0 Å². The summed E-state index contributed by atoms with van der Waals surface area (Å²) in [4.78, 5) is 0. The molecule has 0 aromatic heterocycles. The van der Waals surface area contributed by atoms with Gasteiger partial charge in [-0.2, -0.15) is 0 Å². The predicted molar refractivity (Wildman–Crippen MR) is 46.9 cm³/mol. The van der Waals surface area contributed by atoms with Gasteiger partial charge in [0.05, 0.1) is 5.69 Å². The zero-order chi connectivity index (χ0) is 6.69. The van der Waals surface area contributed by atoms with Crippen LogP contribution in [-0.4, -0.2) is 0 Å². The molecule has 0 N–H and O–H groups in total. The predicted octanol–water partition coefficient (Wildman–Crippen LogP) is 2.18. The maximum Gasteiger partial charge on any atom is 0.0588 e. The van der Waals surface area contributed by atoms with Crippen molar-refractivity contribution < 1.29 is 0 Å².